The molecule has 2 aromatic rings. The van der Waals surface area contributed by atoms with Gasteiger partial charge in [-0.2, -0.15) is 0 Å². The molecule has 2 rings (SSSR count). The average Bonchev–Trinajstić information content (AvgIpc) is 2.31. The molecule has 94 valence electrons. The normalized spacial score (nSPS) is 11.4. The minimum atomic E-state index is -3.17. The van der Waals surface area contributed by atoms with Gasteiger partial charge >= 0.3 is 0 Å². The maximum absolute atomic E-state index is 11.4. The lowest BCUT2D eigenvalue weighted by Crippen LogP contribution is -1.97. The molecule has 0 aliphatic rings. The number of nitrogen functional groups attached to an aromatic ring is 1. The first-order chi connectivity index (χ1) is 8.38. The van der Waals surface area contributed by atoms with Crippen LogP contribution in [0, 0.1) is 6.92 Å². The third-order valence-electron chi connectivity index (χ3n) is 2.65. The third-order valence-corrected chi connectivity index (χ3v) is 3.78. The highest BCUT2D eigenvalue weighted by atomic mass is 32.2. The van der Waals surface area contributed by atoms with Crippen molar-refractivity contribution in [1.29, 1.82) is 0 Å². The Labute approximate surface area is 106 Å². The minimum Gasteiger partial charge on any atom is -0.383 e. The Morgan fingerprint density at radius 3 is 2.33 bits per heavy atom. The van der Waals surface area contributed by atoms with Gasteiger partial charge in [0.2, 0.25) is 0 Å². The summed E-state index contributed by atoms with van der Waals surface area (Å²) in [6, 6.07) is 8.56. The van der Waals surface area contributed by atoms with Crippen molar-refractivity contribution in [1.82, 2.24) is 4.98 Å². The number of aromatic nitrogens is 1. The quantitative estimate of drug-likeness (QED) is 0.899. The van der Waals surface area contributed by atoms with Crippen molar-refractivity contribution in [2.24, 2.45) is 0 Å². The maximum Gasteiger partial charge on any atom is 0.175 e. The molecule has 0 aliphatic carbocycles. The Balaban J connectivity index is 2.50. The largest absolute Gasteiger partial charge is 0.383 e. The number of pyridine rings is 1. The standard InChI is InChI=1S/C13H14N2O2S/c1-9-7-12(13(14)15-8-9)10-3-5-11(6-4-10)18(2,16)17/h3-8H,1-2H3,(H2,14,15). The molecule has 0 atom stereocenters. The Kier molecular flexibility index (Phi) is 3.09. The fraction of sp³-hybridized carbons (Fsp3) is 0.154. The molecule has 0 saturated carbocycles. The van der Waals surface area contributed by atoms with Crippen molar-refractivity contribution >= 4 is 15.7 Å². The fourth-order valence-electron chi connectivity index (χ4n) is 1.69. The molecule has 1 aromatic heterocycles. The maximum atomic E-state index is 11.4. The van der Waals surface area contributed by atoms with E-state index >= 15 is 0 Å². The molecule has 0 amide bonds. The van der Waals surface area contributed by atoms with Crippen LogP contribution in [0.1, 0.15) is 5.56 Å². The van der Waals surface area contributed by atoms with Gasteiger partial charge in [0.25, 0.3) is 0 Å². The summed E-state index contributed by atoms with van der Waals surface area (Å²) in [5.41, 5.74) is 8.49. The molecule has 0 spiro atoms. The van der Waals surface area contributed by atoms with Gasteiger partial charge in [-0.1, -0.05) is 12.1 Å². The van der Waals surface area contributed by atoms with E-state index in [1.807, 2.05) is 13.0 Å². The monoisotopic (exact) mass is 262 g/mol. The number of sulfone groups is 1. The highest BCUT2D eigenvalue weighted by Crippen LogP contribution is 2.26. The first-order valence-electron chi connectivity index (χ1n) is 5.40. The molecule has 5 heteroatoms. The van der Waals surface area contributed by atoms with E-state index in [4.69, 9.17) is 5.73 Å². The Morgan fingerprint density at radius 2 is 1.78 bits per heavy atom. The number of hydrogen-bond donors (Lipinski definition) is 1. The van der Waals surface area contributed by atoms with Crippen molar-refractivity contribution in [3.8, 4) is 11.1 Å². The molecule has 4 nitrogen and oxygen atoms in total. The van der Waals surface area contributed by atoms with Crippen LogP contribution in [0.25, 0.3) is 11.1 Å². The van der Waals surface area contributed by atoms with Crippen LogP contribution in [0.15, 0.2) is 41.4 Å². The average molecular weight is 262 g/mol. The fourth-order valence-corrected chi connectivity index (χ4v) is 2.32. The molecule has 0 aliphatic heterocycles. The van der Waals surface area contributed by atoms with Crippen molar-refractivity contribution in [2.75, 3.05) is 12.0 Å². The van der Waals surface area contributed by atoms with E-state index in [1.165, 1.54) is 6.26 Å². The molecule has 18 heavy (non-hydrogen) atoms. The summed E-state index contributed by atoms with van der Waals surface area (Å²) in [5.74, 6) is 0.438. The second-order valence-corrected chi connectivity index (χ2v) is 6.26. The zero-order valence-corrected chi connectivity index (χ0v) is 11.0. The van der Waals surface area contributed by atoms with E-state index in [1.54, 1.807) is 30.5 Å². The highest BCUT2D eigenvalue weighted by Gasteiger charge is 2.08. The molecule has 0 saturated heterocycles. The van der Waals surface area contributed by atoms with Gasteiger partial charge < -0.3 is 5.73 Å². The summed E-state index contributed by atoms with van der Waals surface area (Å²) < 4.78 is 22.7. The number of benzene rings is 1. The number of nitrogens with zero attached hydrogens (tertiary/aromatic N) is 1. The van der Waals surface area contributed by atoms with Gasteiger partial charge in [0.1, 0.15) is 5.82 Å². The topological polar surface area (TPSA) is 73.0 Å². The second-order valence-electron chi connectivity index (χ2n) is 4.24. The summed E-state index contributed by atoms with van der Waals surface area (Å²) in [6.45, 7) is 1.93. The van der Waals surface area contributed by atoms with Gasteiger partial charge in [-0.15, -0.1) is 0 Å². The molecule has 0 unspecified atom stereocenters. The highest BCUT2D eigenvalue weighted by molar-refractivity contribution is 7.90. The van der Waals surface area contributed by atoms with Crippen LogP contribution in [0.5, 0.6) is 0 Å². The smallest absolute Gasteiger partial charge is 0.175 e. The van der Waals surface area contributed by atoms with Gasteiger partial charge in [0.05, 0.1) is 4.90 Å². The van der Waals surface area contributed by atoms with E-state index in [-0.39, 0.29) is 0 Å². The van der Waals surface area contributed by atoms with Gasteiger partial charge in [0, 0.05) is 18.0 Å². The van der Waals surface area contributed by atoms with Crippen LogP contribution >= 0.6 is 0 Å². The van der Waals surface area contributed by atoms with Crippen LogP contribution in [0.4, 0.5) is 5.82 Å². The predicted molar refractivity (Wildman–Crippen MR) is 71.9 cm³/mol. The molecule has 0 bridgehead atoms. The lowest BCUT2D eigenvalue weighted by molar-refractivity contribution is 0.602. The zero-order valence-electron chi connectivity index (χ0n) is 10.2. The predicted octanol–water partition coefficient (Wildman–Crippen LogP) is 2.04. The molecular formula is C13H14N2O2S. The van der Waals surface area contributed by atoms with Gasteiger partial charge in [-0.3, -0.25) is 0 Å². The van der Waals surface area contributed by atoms with Crippen LogP contribution in [-0.2, 0) is 9.84 Å². The molecule has 1 aromatic carbocycles. The van der Waals surface area contributed by atoms with Crippen LogP contribution < -0.4 is 5.73 Å². The third kappa shape index (κ3) is 2.51. The first-order valence-corrected chi connectivity index (χ1v) is 7.29. The molecule has 0 fully saturated rings. The van der Waals surface area contributed by atoms with Crippen molar-refractivity contribution in [2.45, 2.75) is 11.8 Å². The number of rotatable bonds is 2. The number of hydrogen-bond acceptors (Lipinski definition) is 4. The summed E-state index contributed by atoms with van der Waals surface area (Å²) >= 11 is 0. The Morgan fingerprint density at radius 1 is 1.17 bits per heavy atom. The summed E-state index contributed by atoms with van der Waals surface area (Å²) in [7, 11) is -3.17. The van der Waals surface area contributed by atoms with Crippen molar-refractivity contribution in [3.05, 3.63) is 42.1 Å². The van der Waals surface area contributed by atoms with Gasteiger partial charge in [0.15, 0.2) is 9.84 Å². The second kappa shape index (κ2) is 4.42. The Bertz CT molecular complexity index is 677. The number of anilines is 1. The van der Waals surface area contributed by atoms with Crippen LogP contribution in [-0.4, -0.2) is 19.7 Å². The van der Waals surface area contributed by atoms with E-state index in [0.29, 0.717) is 10.7 Å². The van der Waals surface area contributed by atoms with Crippen molar-refractivity contribution < 1.29 is 8.42 Å². The lowest BCUT2D eigenvalue weighted by Gasteiger charge is -2.07. The number of aryl methyl sites for hydroxylation is 1. The van der Waals surface area contributed by atoms with E-state index in [2.05, 4.69) is 4.98 Å². The number of nitrogens with two attached hydrogens (primary N) is 1. The van der Waals surface area contributed by atoms with Gasteiger partial charge in [-0.25, -0.2) is 13.4 Å². The van der Waals surface area contributed by atoms with Crippen molar-refractivity contribution in [3.63, 3.8) is 0 Å². The lowest BCUT2D eigenvalue weighted by atomic mass is 10.1. The Hall–Kier alpha value is -1.88. The summed E-state index contributed by atoms with van der Waals surface area (Å²) in [6.07, 6.45) is 2.88. The molecular weight excluding hydrogens is 248 g/mol. The zero-order chi connectivity index (χ0) is 13.3. The summed E-state index contributed by atoms with van der Waals surface area (Å²) in [4.78, 5) is 4.38. The molecule has 0 radical (unpaired) electrons. The summed E-state index contributed by atoms with van der Waals surface area (Å²) in [5, 5.41) is 0. The molecule has 2 N–H and O–H groups in total. The van der Waals surface area contributed by atoms with E-state index < -0.39 is 9.84 Å². The van der Waals surface area contributed by atoms with Crippen LogP contribution in [0.2, 0.25) is 0 Å². The first kappa shape index (κ1) is 12.6. The molecule has 1 heterocycles. The van der Waals surface area contributed by atoms with Crippen LogP contribution in [0.3, 0.4) is 0 Å². The van der Waals surface area contributed by atoms with Gasteiger partial charge in [-0.05, 0) is 36.2 Å². The van der Waals surface area contributed by atoms with E-state index in [0.717, 1.165) is 16.7 Å². The van der Waals surface area contributed by atoms with E-state index in [9.17, 15) is 8.42 Å². The SMILES string of the molecule is Cc1cnc(N)c(-c2ccc(S(C)(=O)=O)cc2)c1. The minimum absolute atomic E-state index is 0.297.